The van der Waals surface area contributed by atoms with Crippen LogP contribution in [0.15, 0.2) is 60.7 Å². The number of benzene rings is 2. The van der Waals surface area contributed by atoms with E-state index in [0.717, 1.165) is 5.56 Å². The second kappa shape index (κ2) is 10.8. The first-order valence-electron chi connectivity index (χ1n) is 8.82. The average Bonchev–Trinajstić information content (AvgIpc) is 2.71. The number of rotatable bonds is 9. The molecule has 0 saturated carbocycles. The molecule has 6 nitrogen and oxygen atoms in total. The highest BCUT2D eigenvalue weighted by Gasteiger charge is 2.24. The molecule has 0 aliphatic rings. The van der Waals surface area contributed by atoms with Gasteiger partial charge in [-0.25, -0.2) is 9.59 Å². The second-order valence-electron chi connectivity index (χ2n) is 5.84. The van der Waals surface area contributed by atoms with Crippen molar-refractivity contribution in [3.8, 4) is 0 Å². The maximum Gasteiger partial charge on any atom is 0.408 e. The zero-order valence-corrected chi connectivity index (χ0v) is 15.2. The molecule has 0 aliphatic heterocycles. The number of carbonyl (C=O) groups is 3. The first kappa shape index (κ1) is 20.2. The lowest BCUT2D eigenvalue weighted by molar-refractivity contribution is -0.145. The Hall–Kier alpha value is -3.15. The minimum Gasteiger partial charge on any atom is -0.464 e. The van der Waals surface area contributed by atoms with E-state index in [1.807, 2.05) is 36.4 Å². The molecule has 1 unspecified atom stereocenters. The lowest BCUT2D eigenvalue weighted by atomic mass is 10.0. The van der Waals surface area contributed by atoms with Gasteiger partial charge in [0, 0.05) is 12.0 Å². The lowest BCUT2D eigenvalue weighted by Gasteiger charge is -2.17. The van der Waals surface area contributed by atoms with Crippen molar-refractivity contribution in [2.45, 2.75) is 32.4 Å². The standard InChI is InChI=1S/C21H23NO5/c1-2-26-20(24)18(13-14-19(23)17-11-7-4-8-12-17)22-21(25)27-15-16-9-5-3-6-10-16/h3-12,18H,2,13-15H2,1H3,(H,22,25). The fourth-order valence-electron chi connectivity index (χ4n) is 2.44. The SMILES string of the molecule is CCOC(=O)C(CCC(=O)c1ccccc1)NC(=O)OCc1ccccc1. The van der Waals surface area contributed by atoms with E-state index in [-0.39, 0.29) is 31.8 Å². The number of carbonyl (C=O) groups excluding carboxylic acids is 3. The maximum atomic E-state index is 12.2. The Morgan fingerprint density at radius 2 is 1.56 bits per heavy atom. The molecule has 2 aromatic carbocycles. The number of alkyl carbamates (subject to hydrolysis) is 1. The number of Topliss-reactive ketones (excluding diaryl/α,β-unsaturated/α-hetero) is 1. The monoisotopic (exact) mass is 369 g/mol. The third-order valence-corrected chi connectivity index (χ3v) is 3.83. The van der Waals surface area contributed by atoms with Gasteiger partial charge in [0.05, 0.1) is 6.61 Å². The molecule has 27 heavy (non-hydrogen) atoms. The van der Waals surface area contributed by atoms with Gasteiger partial charge >= 0.3 is 12.1 Å². The Bertz CT molecular complexity index is 746. The molecule has 1 amide bonds. The Balaban J connectivity index is 1.90. The normalized spacial score (nSPS) is 11.3. The van der Waals surface area contributed by atoms with Crippen LogP contribution >= 0.6 is 0 Å². The van der Waals surface area contributed by atoms with Crippen molar-refractivity contribution in [1.82, 2.24) is 5.32 Å². The van der Waals surface area contributed by atoms with Crippen molar-refractivity contribution in [3.05, 3.63) is 71.8 Å². The van der Waals surface area contributed by atoms with E-state index >= 15 is 0 Å². The number of hydrogen-bond donors (Lipinski definition) is 1. The molecule has 0 aromatic heterocycles. The number of ether oxygens (including phenoxy) is 2. The van der Waals surface area contributed by atoms with Gasteiger partial charge in [0.25, 0.3) is 0 Å². The van der Waals surface area contributed by atoms with E-state index in [0.29, 0.717) is 5.56 Å². The smallest absolute Gasteiger partial charge is 0.408 e. The number of amides is 1. The van der Waals surface area contributed by atoms with Crippen molar-refractivity contribution in [1.29, 1.82) is 0 Å². The summed E-state index contributed by atoms with van der Waals surface area (Å²) in [6.45, 7) is 1.95. The highest BCUT2D eigenvalue weighted by atomic mass is 16.6. The summed E-state index contributed by atoms with van der Waals surface area (Å²) in [5.41, 5.74) is 1.39. The van der Waals surface area contributed by atoms with Gasteiger partial charge in [0.15, 0.2) is 5.78 Å². The van der Waals surface area contributed by atoms with Crippen molar-refractivity contribution in [2.75, 3.05) is 6.61 Å². The molecule has 0 heterocycles. The largest absolute Gasteiger partial charge is 0.464 e. The molecule has 2 rings (SSSR count). The van der Waals surface area contributed by atoms with E-state index in [1.165, 1.54) is 0 Å². The predicted octanol–water partition coefficient (Wildman–Crippen LogP) is 3.51. The Morgan fingerprint density at radius 1 is 0.926 bits per heavy atom. The molecule has 1 atom stereocenters. The Morgan fingerprint density at radius 3 is 2.19 bits per heavy atom. The zero-order chi connectivity index (χ0) is 19.5. The fraction of sp³-hybridized carbons (Fsp3) is 0.286. The van der Waals surface area contributed by atoms with Gasteiger partial charge in [-0.2, -0.15) is 0 Å². The van der Waals surface area contributed by atoms with Crippen LogP contribution in [0, 0.1) is 0 Å². The molecule has 142 valence electrons. The Kier molecular flexibility index (Phi) is 8.03. The van der Waals surface area contributed by atoms with E-state index in [9.17, 15) is 14.4 Å². The molecular formula is C21H23NO5. The molecule has 2 aromatic rings. The van der Waals surface area contributed by atoms with Gasteiger partial charge in [-0.3, -0.25) is 4.79 Å². The van der Waals surface area contributed by atoms with Gasteiger partial charge in [-0.05, 0) is 18.9 Å². The molecule has 0 fully saturated rings. The highest BCUT2D eigenvalue weighted by Crippen LogP contribution is 2.09. The van der Waals surface area contributed by atoms with Crippen molar-refractivity contribution >= 4 is 17.8 Å². The van der Waals surface area contributed by atoms with Crippen LogP contribution in [0.5, 0.6) is 0 Å². The van der Waals surface area contributed by atoms with E-state index in [1.54, 1.807) is 31.2 Å². The van der Waals surface area contributed by atoms with Crippen LogP contribution in [-0.2, 0) is 20.9 Å². The molecule has 0 radical (unpaired) electrons. The first-order valence-corrected chi connectivity index (χ1v) is 8.82. The minimum absolute atomic E-state index is 0.0885. The summed E-state index contributed by atoms with van der Waals surface area (Å²) in [6.07, 6.45) is -0.497. The van der Waals surface area contributed by atoms with Crippen LogP contribution in [0.2, 0.25) is 0 Å². The summed E-state index contributed by atoms with van der Waals surface area (Å²) in [4.78, 5) is 36.4. The number of hydrogen-bond acceptors (Lipinski definition) is 5. The van der Waals surface area contributed by atoms with Gasteiger partial charge in [-0.15, -0.1) is 0 Å². The van der Waals surface area contributed by atoms with Gasteiger partial charge in [-0.1, -0.05) is 60.7 Å². The van der Waals surface area contributed by atoms with Crippen LogP contribution in [0.25, 0.3) is 0 Å². The highest BCUT2D eigenvalue weighted by molar-refractivity contribution is 5.96. The average molecular weight is 369 g/mol. The zero-order valence-electron chi connectivity index (χ0n) is 15.2. The Labute approximate surface area is 158 Å². The third-order valence-electron chi connectivity index (χ3n) is 3.83. The van der Waals surface area contributed by atoms with Crippen LogP contribution < -0.4 is 5.32 Å². The predicted molar refractivity (Wildman–Crippen MR) is 100 cm³/mol. The maximum absolute atomic E-state index is 12.2. The topological polar surface area (TPSA) is 81.7 Å². The second-order valence-corrected chi connectivity index (χ2v) is 5.84. The van der Waals surface area contributed by atoms with Crippen molar-refractivity contribution < 1.29 is 23.9 Å². The third kappa shape index (κ3) is 6.93. The fourth-order valence-corrected chi connectivity index (χ4v) is 2.44. The molecule has 1 N–H and O–H groups in total. The van der Waals surface area contributed by atoms with E-state index in [4.69, 9.17) is 9.47 Å². The van der Waals surface area contributed by atoms with Gasteiger partial charge in [0.2, 0.25) is 0 Å². The van der Waals surface area contributed by atoms with Gasteiger partial charge < -0.3 is 14.8 Å². The van der Waals surface area contributed by atoms with Gasteiger partial charge in [0.1, 0.15) is 12.6 Å². The van der Waals surface area contributed by atoms with Crippen molar-refractivity contribution in [2.24, 2.45) is 0 Å². The molecule has 6 heteroatoms. The number of esters is 1. The molecule has 0 saturated heterocycles. The quantitative estimate of drug-likeness (QED) is 0.540. The number of nitrogens with one attached hydrogen (secondary N) is 1. The summed E-state index contributed by atoms with van der Waals surface area (Å²) in [5.74, 6) is -0.695. The molecular weight excluding hydrogens is 346 g/mol. The summed E-state index contributed by atoms with van der Waals surface area (Å²) in [5, 5.41) is 2.49. The van der Waals surface area contributed by atoms with Crippen LogP contribution in [-0.4, -0.2) is 30.5 Å². The van der Waals surface area contributed by atoms with Crippen LogP contribution in [0.1, 0.15) is 35.7 Å². The summed E-state index contributed by atoms with van der Waals surface area (Å²) in [6, 6.07) is 17.0. The molecule has 0 spiro atoms. The minimum atomic E-state index is -0.944. The summed E-state index contributed by atoms with van der Waals surface area (Å²) in [7, 11) is 0. The van der Waals surface area contributed by atoms with Crippen LogP contribution in [0.3, 0.4) is 0 Å². The van der Waals surface area contributed by atoms with Crippen molar-refractivity contribution in [3.63, 3.8) is 0 Å². The van der Waals surface area contributed by atoms with Crippen LogP contribution in [0.4, 0.5) is 4.79 Å². The summed E-state index contributed by atoms with van der Waals surface area (Å²) >= 11 is 0. The van der Waals surface area contributed by atoms with E-state index in [2.05, 4.69) is 5.32 Å². The number of ketones is 1. The lowest BCUT2D eigenvalue weighted by Crippen LogP contribution is -2.42. The molecule has 0 aliphatic carbocycles. The summed E-state index contributed by atoms with van der Waals surface area (Å²) < 4.78 is 10.1. The van der Waals surface area contributed by atoms with E-state index < -0.39 is 18.1 Å². The molecule has 0 bridgehead atoms. The first-order chi connectivity index (χ1) is 13.1.